The number of hydrogen-bond acceptors (Lipinski definition) is 4. The fourth-order valence-corrected chi connectivity index (χ4v) is 3.92. The van der Waals surface area contributed by atoms with Gasteiger partial charge in [-0.2, -0.15) is 0 Å². The molecule has 2 bridgehead atoms. The summed E-state index contributed by atoms with van der Waals surface area (Å²) in [5.41, 5.74) is 0.146. The highest BCUT2D eigenvalue weighted by Gasteiger charge is 2.69. The van der Waals surface area contributed by atoms with E-state index in [1.807, 2.05) is 0 Å². The summed E-state index contributed by atoms with van der Waals surface area (Å²) in [6, 6.07) is 0. The van der Waals surface area contributed by atoms with Crippen molar-refractivity contribution in [3.8, 4) is 0 Å². The topological polar surface area (TPSA) is 66.8 Å². The van der Waals surface area contributed by atoms with Gasteiger partial charge in [0.25, 0.3) is 0 Å². The Bertz CT molecular complexity index is 356. The summed E-state index contributed by atoms with van der Waals surface area (Å²) in [7, 11) is 1.36. The highest BCUT2D eigenvalue weighted by Crippen LogP contribution is 2.72. The van der Waals surface area contributed by atoms with Crippen molar-refractivity contribution in [1.82, 2.24) is 0 Å². The summed E-state index contributed by atoms with van der Waals surface area (Å²) in [6.45, 7) is 0. The molecule has 0 aromatic rings. The summed E-state index contributed by atoms with van der Waals surface area (Å²) in [6.07, 6.45) is 4.87. The third-order valence-electron chi connectivity index (χ3n) is 4.71. The molecule has 4 atom stereocenters. The van der Waals surface area contributed by atoms with Crippen LogP contribution in [0.3, 0.4) is 0 Å². The second kappa shape index (κ2) is 3.08. The van der Waals surface area contributed by atoms with Crippen LogP contribution in [-0.4, -0.2) is 29.6 Å². The van der Waals surface area contributed by atoms with Crippen molar-refractivity contribution >= 4 is 5.97 Å². The largest absolute Gasteiger partial charge is 0.469 e. The average Bonchev–Trinajstić information content (AvgIpc) is 2.92. The van der Waals surface area contributed by atoms with E-state index in [-0.39, 0.29) is 35.1 Å². The van der Waals surface area contributed by atoms with Crippen molar-refractivity contribution < 1.29 is 19.7 Å². The van der Waals surface area contributed by atoms with Crippen LogP contribution < -0.4 is 0 Å². The fourth-order valence-electron chi connectivity index (χ4n) is 3.92. The molecule has 3 aliphatic rings. The predicted molar refractivity (Wildman–Crippen MR) is 55.0 cm³/mol. The lowest BCUT2D eigenvalue weighted by atomic mass is 9.82. The summed E-state index contributed by atoms with van der Waals surface area (Å²) in [4.78, 5) is 11.8. The van der Waals surface area contributed by atoms with Gasteiger partial charge in [-0.25, -0.2) is 0 Å². The third kappa shape index (κ3) is 1.04. The van der Waals surface area contributed by atoms with Crippen LogP contribution in [0.15, 0.2) is 12.2 Å². The van der Waals surface area contributed by atoms with Crippen LogP contribution in [-0.2, 0) is 9.53 Å². The molecule has 2 saturated carbocycles. The van der Waals surface area contributed by atoms with Crippen molar-refractivity contribution in [2.24, 2.45) is 29.1 Å². The van der Waals surface area contributed by atoms with Gasteiger partial charge in [-0.05, 0) is 30.1 Å². The molecule has 0 heterocycles. The first-order valence-corrected chi connectivity index (χ1v) is 5.74. The van der Waals surface area contributed by atoms with Crippen LogP contribution in [0, 0.1) is 29.1 Å². The predicted octanol–water partition coefficient (Wildman–Crippen LogP) is 0.298. The zero-order valence-corrected chi connectivity index (χ0v) is 9.17. The fraction of sp³-hybridized carbons (Fsp3) is 0.750. The molecule has 0 aliphatic heterocycles. The molecular formula is C12H16O4. The Labute approximate surface area is 93.9 Å². The molecule has 4 heteroatoms. The second-order valence-corrected chi connectivity index (χ2v) is 5.21. The van der Waals surface area contributed by atoms with E-state index in [0.29, 0.717) is 0 Å². The van der Waals surface area contributed by atoms with Crippen LogP contribution >= 0.6 is 0 Å². The maximum atomic E-state index is 11.8. The van der Waals surface area contributed by atoms with Gasteiger partial charge < -0.3 is 14.9 Å². The van der Waals surface area contributed by atoms with Gasteiger partial charge in [-0.15, -0.1) is 0 Å². The Morgan fingerprint density at radius 3 is 2.50 bits per heavy atom. The Balaban J connectivity index is 1.97. The highest BCUT2D eigenvalue weighted by atomic mass is 16.5. The zero-order chi connectivity index (χ0) is 11.5. The van der Waals surface area contributed by atoms with Crippen molar-refractivity contribution in [2.45, 2.75) is 19.1 Å². The van der Waals surface area contributed by atoms with Crippen LogP contribution in [0.2, 0.25) is 0 Å². The average molecular weight is 224 g/mol. The zero-order valence-electron chi connectivity index (χ0n) is 9.17. The first-order valence-electron chi connectivity index (χ1n) is 5.74. The molecule has 3 rings (SSSR count). The lowest BCUT2D eigenvalue weighted by Gasteiger charge is -2.26. The Kier molecular flexibility index (Phi) is 1.98. The van der Waals surface area contributed by atoms with Crippen molar-refractivity contribution in [2.75, 3.05) is 7.11 Å². The minimum absolute atomic E-state index is 0.140. The molecule has 4 nitrogen and oxygen atoms in total. The Morgan fingerprint density at radius 1 is 1.38 bits per heavy atom. The molecular weight excluding hydrogens is 208 g/mol. The van der Waals surface area contributed by atoms with E-state index in [0.717, 1.165) is 12.8 Å². The number of rotatable bonds is 2. The number of methoxy groups -OCH3 is 1. The number of aliphatic hydroxyl groups is 2. The second-order valence-electron chi connectivity index (χ2n) is 5.21. The normalized spacial score (nSPS) is 42.0. The van der Waals surface area contributed by atoms with Crippen molar-refractivity contribution in [1.29, 1.82) is 0 Å². The molecule has 0 amide bonds. The van der Waals surface area contributed by atoms with E-state index in [4.69, 9.17) is 4.74 Å². The molecule has 4 unspecified atom stereocenters. The molecule has 0 aromatic heterocycles. The van der Waals surface area contributed by atoms with Gasteiger partial charge >= 0.3 is 5.97 Å². The van der Waals surface area contributed by atoms with Crippen LogP contribution in [0.25, 0.3) is 0 Å². The number of carbonyl (C=O) groups excluding carboxylic acids is 1. The van der Waals surface area contributed by atoms with E-state index >= 15 is 0 Å². The summed E-state index contributed by atoms with van der Waals surface area (Å²) in [5, 5.41) is 18.9. The molecule has 0 radical (unpaired) electrons. The lowest BCUT2D eigenvalue weighted by molar-refractivity contribution is -0.158. The molecule has 1 spiro atoms. The van der Waals surface area contributed by atoms with Gasteiger partial charge in [0.15, 0.2) is 6.29 Å². The van der Waals surface area contributed by atoms with Crippen LogP contribution in [0.5, 0.6) is 0 Å². The van der Waals surface area contributed by atoms with E-state index in [9.17, 15) is 15.0 Å². The standard InChI is InChI=1S/C12H16O4/c1-16-11(15)9-7-3-2-6(8(9)10(13)14)12(7)4-5-12/h2-3,6-10,13-14H,4-5H2,1H3. The molecule has 2 fully saturated rings. The summed E-state index contributed by atoms with van der Waals surface area (Å²) >= 11 is 0. The van der Waals surface area contributed by atoms with Crippen molar-refractivity contribution in [3.05, 3.63) is 12.2 Å². The van der Waals surface area contributed by atoms with Gasteiger partial charge in [0.2, 0.25) is 0 Å². The number of carbonyl (C=O) groups is 1. The first kappa shape index (κ1) is 10.3. The number of aliphatic hydroxyl groups excluding tert-OH is 1. The van der Waals surface area contributed by atoms with Gasteiger partial charge in [0, 0.05) is 5.92 Å². The molecule has 2 N–H and O–H groups in total. The SMILES string of the molecule is COC(=O)C1C(C(O)O)C2C=CC1C21CC1. The lowest BCUT2D eigenvalue weighted by Crippen LogP contribution is -2.36. The van der Waals surface area contributed by atoms with Gasteiger partial charge in [-0.3, -0.25) is 4.79 Å². The molecule has 0 saturated heterocycles. The maximum Gasteiger partial charge on any atom is 0.309 e. The summed E-state index contributed by atoms with van der Waals surface area (Å²) < 4.78 is 4.79. The molecule has 16 heavy (non-hydrogen) atoms. The van der Waals surface area contributed by atoms with E-state index in [1.165, 1.54) is 7.11 Å². The highest BCUT2D eigenvalue weighted by molar-refractivity contribution is 5.75. The summed E-state index contributed by atoms with van der Waals surface area (Å²) in [5.74, 6) is -0.771. The van der Waals surface area contributed by atoms with Gasteiger partial charge in [0.05, 0.1) is 13.0 Å². The number of allylic oxidation sites excluding steroid dienone is 2. The Hall–Kier alpha value is -0.870. The minimum atomic E-state index is -1.43. The smallest absolute Gasteiger partial charge is 0.309 e. The number of hydrogen-bond donors (Lipinski definition) is 2. The quantitative estimate of drug-likeness (QED) is 0.402. The van der Waals surface area contributed by atoms with Crippen LogP contribution in [0.1, 0.15) is 12.8 Å². The van der Waals surface area contributed by atoms with Gasteiger partial charge in [0.1, 0.15) is 0 Å². The molecule has 0 aromatic carbocycles. The minimum Gasteiger partial charge on any atom is -0.469 e. The van der Waals surface area contributed by atoms with Crippen molar-refractivity contribution in [3.63, 3.8) is 0 Å². The Morgan fingerprint density at radius 2 is 2.00 bits per heavy atom. The van der Waals surface area contributed by atoms with Crippen LogP contribution in [0.4, 0.5) is 0 Å². The third-order valence-corrected chi connectivity index (χ3v) is 4.71. The van der Waals surface area contributed by atoms with E-state index < -0.39 is 6.29 Å². The van der Waals surface area contributed by atoms with E-state index in [1.54, 1.807) is 0 Å². The monoisotopic (exact) mass is 224 g/mol. The number of esters is 1. The molecule has 88 valence electrons. The first-order chi connectivity index (χ1) is 7.62. The van der Waals surface area contributed by atoms with E-state index in [2.05, 4.69) is 12.2 Å². The van der Waals surface area contributed by atoms with Gasteiger partial charge in [-0.1, -0.05) is 12.2 Å². The number of ether oxygens (including phenoxy) is 1. The maximum absolute atomic E-state index is 11.8. The molecule has 3 aliphatic carbocycles.